The van der Waals surface area contributed by atoms with E-state index in [0.29, 0.717) is 34.2 Å². The lowest BCUT2D eigenvalue weighted by Gasteiger charge is -2.11. The van der Waals surface area contributed by atoms with E-state index in [2.05, 4.69) is 10.2 Å². The second-order valence-corrected chi connectivity index (χ2v) is 7.74. The standard InChI is InChI=1S/C25H22ClN3O5/c1-32-21-12-7-16(13-22(21)33-2)14-29-20-6-4-3-5-19(20)24(25(29)31)28-27-23(30)15-34-18-10-8-17(26)9-11-18/h3-13,31H,14-15H2,1-2H3. The Bertz CT molecular complexity index is 1350. The van der Waals surface area contributed by atoms with Gasteiger partial charge in [0.25, 0.3) is 0 Å². The molecular formula is C25H22ClN3O5. The molecule has 0 saturated carbocycles. The summed E-state index contributed by atoms with van der Waals surface area (Å²) in [6.07, 6.45) is 0. The molecule has 0 spiro atoms. The van der Waals surface area contributed by atoms with Gasteiger partial charge in [-0.1, -0.05) is 35.9 Å². The van der Waals surface area contributed by atoms with Gasteiger partial charge < -0.3 is 23.9 Å². The van der Waals surface area contributed by atoms with Crippen molar-refractivity contribution in [2.75, 3.05) is 20.8 Å². The summed E-state index contributed by atoms with van der Waals surface area (Å²) in [6, 6.07) is 19.5. The van der Waals surface area contributed by atoms with Crippen LogP contribution >= 0.6 is 11.6 Å². The van der Waals surface area contributed by atoms with E-state index in [1.54, 1.807) is 49.1 Å². The lowest BCUT2D eigenvalue weighted by atomic mass is 10.2. The quantitative estimate of drug-likeness (QED) is 0.324. The predicted octanol–water partition coefficient (Wildman–Crippen LogP) is 5.76. The van der Waals surface area contributed by atoms with Gasteiger partial charge in [-0.2, -0.15) is 0 Å². The van der Waals surface area contributed by atoms with Gasteiger partial charge in [-0.3, -0.25) is 4.79 Å². The molecule has 0 aliphatic carbocycles. The summed E-state index contributed by atoms with van der Waals surface area (Å²) in [5, 5.41) is 20.0. The van der Waals surface area contributed by atoms with E-state index in [9.17, 15) is 9.90 Å². The maximum Gasteiger partial charge on any atom is 0.302 e. The number of azo groups is 1. The number of methoxy groups -OCH3 is 2. The summed E-state index contributed by atoms with van der Waals surface area (Å²) in [6.45, 7) is 0.0476. The van der Waals surface area contributed by atoms with E-state index in [1.165, 1.54) is 0 Å². The first kappa shape index (κ1) is 23.1. The van der Waals surface area contributed by atoms with E-state index in [-0.39, 0.29) is 18.2 Å². The van der Waals surface area contributed by atoms with Crippen LogP contribution in [0.5, 0.6) is 23.1 Å². The number of aromatic hydroxyl groups is 1. The highest BCUT2D eigenvalue weighted by Gasteiger charge is 2.18. The molecule has 3 aromatic carbocycles. The van der Waals surface area contributed by atoms with E-state index in [0.717, 1.165) is 11.1 Å². The van der Waals surface area contributed by atoms with Crippen LogP contribution in [-0.2, 0) is 11.3 Å². The molecule has 0 unspecified atom stereocenters. The number of fused-ring (bicyclic) bond motifs is 1. The van der Waals surface area contributed by atoms with Gasteiger partial charge in [-0.15, -0.1) is 10.2 Å². The van der Waals surface area contributed by atoms with Crippen LogP contribution in [0.2, 0.25) is 5.02 Å². The molecule has 1 amide bonds. The minimum absolute atomic E-state index is 0.105. The summed E-state index contributed by atoms with van der Waals surface area (Å²) < 4.78 is 17.8. The van der Waals surface area contributed by atoms with Crippen molar-refractivity contribution in [3.05, 3.63) is 77.3 Å². The fourth-order valence-corrected chi connectivity index (χ4v) is 3.63. The number of hydrogen-bond donors (Lipinski definition) is 1. The predicted molar refractivity (Wildman–Crippen MR) is 129 cm³/mol. The Kier molecular flexibility index (Phi) is 6.98. The summed E-state index contributed by atoms with van der Waals surface area (Å²) in [4.78, 5) is 12.2. The molecule has 1 aromatic heterocycles. The summed E-state index contributed by atoms with van der Waals surface area (Å²) >= 11 is 5.84. The number of amides is 1. The van der Waals surface area contributed by atoms with Crippen LogP contribution in [-0.4, -0.2) is 36.4 Å². The summed E-state index contributed by atoms with van der Waals surface area (Å²) in [7, 11) is 3.14. The van der Waals surface area contributed by atoms with Gasteiger partial charge in [-0.25, -0.2) is 0 Å². The van der Waals surface area contributed by atoms with Crippen molar-refractivity contribution in [3.63, 3.8) is 0 Å². The molecule has 9 heteroatoms. The van der Waals surface area contributed by atoms with Gasteiger partial charge >= 0.3 is 5.91 Å². The van der Waals surface area contributed by atoms with Gasteiger partial charge in [0, 0.05) is 10.4 Å². The fraction of sp³-hybridized carbons (Fsp3) is 0.160. The van der Waals surface area contributed by atoms with Gasteiger partial charge in [0.15, 0.2) is 23.8 Å². The van der Waals surface area contributed by atoms with E-state index < -0.39 is 5.91 Å². The zero-order valence-corrected chi connectivity index (χ0v) is 19.3. The zero-order valence-electron chi connectivity index (χ0n) is 18.6. The lowest BCUT2D eigenvalue weighted by molar-refractivity contribution is -0.120. The number of aromatic nitrogens is 1. The molecule has 4 rings (SSSR count). The Morgan fingerprint density at radius 3 is 2.47 bits per heavy atom. The smallest absolute Gasteiger partial charge is 0.302 e. The first-order chi connectivity index (χ1) is 16.5. The Balaban J connectivity index is 1.57. The third-order valence-corrected chi connectivity index (χ3v) is 5.40. The normalized spacial score (nSPS) is 11.1. The lowest BCUT2D eigenvalue weighted by Crippen LogP contribution is -2.07. The van der Waals surface area contributed by atoms with Crippen LogP contribution in [0.3, 0.4) is 0 Å². The minimum Gasteiger partial charge on any atom is -0.493 e. The van der Waals surface area contributed by atoms with Crippen molar-refractivity contribution in [1.29, 1.82) is 0 Å². The van der Waals surface area contributed by atoms with E-state index in [1.807, 2.05) is 36.4 Å². The van der Waals surface area contributed by atoms with Crippen LogP contribution in [0, 0.1) is 0 Å². The van der Waals surface area contributed by atoms with Gasteiger partial charge in [0.05, 0.1) is 26.3 Å². The third kappa shape index (κ3) is 4.97. The SMILES string of the molecule is COc1ccc(Cn2c(O)c(N=NC(=O)COc3ccc(Cl)cc3)c3ccccc32)cc1OC. The van der Waals surface area contributed by atoms with Crippen LogP contribution in [0.1, 0.15) is 5.56 Å². The number of rotatable bonds is 8. The highest BCUT2D eigenvalue weighted by Crippen LogP contribution is 2.39. The van der Waals surface area contributed by atoms with Crippen LogP contribution in [0.4, 0.5) is 5.69 Å². The van der Waals surface area contributed by atoms with Gasteiger partial charge in [-0.05, 0) is 48.0 Å². The molecule has 174 valence electrons. The molecule has 0 radical (unpaired) electrons. The molecule has 0 aliphatic heterocycles. The average Bonchev–Trinajstić information content (AvgIpc) is 3.12. The van der Waals surface area contributed by atoms with Crippen molar-refractivity contribution in [3.8, 4) is 23.1 Å². The Hall–Kier alpha value is -4.04. The summed E-state index contributed by atoms with van der Waals surface area (Å²) in [5.74, 6) is 0.989. The molecule has 1 heterocycles. The zero-order chi connectivity index (χ0) is 24.1. The second kappa shape index (κ2) is 10.3. The third-order valence-electron chi connectivity index (χ3n) is 5.14. The monoisotopic (exact) mass is 479 g/mol. The topological polar surface area (TPSA) is 94.6 Å². The van der Waals surface area contributed by atoms with Gasteiger partial charge in [0.2, 0.25) is 5.88 Å². The number of para-hydroxylation sites is 1. The molecule has 0 bridgehead atoms. The minimum atomic E-state index is -0.592. The summed E-state index contributed by atoms with van der Waals surface area (Å²) in [5.41, 5.74) is 1.83. The molecule has 34 heavy (non-hydrogen) atoms. The van der Waals surface area contributed by atoms with Crippen molar-refractivity contribution in [2.45, 2.75) is 6.54 Å². The average molecular weight is 480 g/mol. The van der Waals surface area contributed by atoms with Crippen LogP contribution in [0.25, 0.3) is 10.9 Å². The van der Waals surface area contributed by atoms with Crippen molar-refractivity contribution < 1.29 is 24.1 Å². The number of nitrogens with zero attached hydrogens (tertiary/aromatic N) is 3. The first-order valence-electron chi connectivity index (χ1n) is 10.3. The fourth-order valence-electron chi connectivity index (χ4n) is 3.50. The van der Waals surface area contributed by atoms with E-state index >= 15 is 0 Å². The number of ether oxygens (including phenoxy) is 3. The Labute approximate surface area is 201 Å². The highest BCUT2D eigenvalue weighted by molar-refractivity contribution is 6.30. The molecule has 0 aliphatic rings. The highest BCUT2D eigenvalue weighted by atomic mass is 35.5. The molecule has 0 saturated heterocycles. The Morgan fingerprint density at radius 1 is 1.00 bits per heavy atom. The van der Waals surface area contributed by atoms with Crippen LogP contribution in [0.15, 0.2) is 77.0 Å². The Morgan fingerprint density at radius 2 is 1.74 bits per heavy atom. The number of benzene rings is 3. The first-order valence-corrected chi connectivity index (χ1v) is 10.7. The van der Waals surface area contributed by atoms with E-state index in [4.69, 9.17) is 25.8 Å². The largest absolute Gasteiger partial charge is 0.493 e. The number of hydrogen-bond acceptors (Lipinski definition) is 6. The van der Waals surface area contributed by atoms with Gasteiger partial charge in [0.1, 0.15) is 5.75 Å². The molecule has 0 atom stereocenters. The number of halogens is 1. The molecule has 8 nitrogen and oxygen atoms in total. The second-order valence-electron chi connectivity index (χ2n) is 7.30. The molecular weight excluding hydrogens is 458 g/mol. The number of carbonyl (C=O) groups is 1. The number of carbonyl (C=O) groups excluding carboxylic acids is 1. The molecule has 0 fully saturated rings. The van der Waals surface area contributed by atoms with Crippen LogP contribution < -0.4 is 14.2 Å². The molecule has 1 N–H and O–H groups in total. The van der Waals surface area contributed by atoms with Crippen molar-refractivity contribution in [1.82, 2.24) is 4.57 Å². The maximum absolute atomic E-state index is 12.2. The maximum atomic E-state index is 12.2. The van der Waals surface area contributed by atoms with Crippen molar-refractivity contribution >= 4 is 34.1 Å². The van der Waals surface area contributed by atoms with Crippen molar-refractivity contribution in [2.24, 2.45) is 10.2 Å². The molecule has 4 aromatic rings.